The quantitative estimate of drug-likeness (QED) is 0.0578. The van der Waals surface area contributed by atoms with Crippen LogP contribution in [-0.2, 0) is 10.8 Å². The fraction of sp³-hybridized carbons (Fsp3) is 0.625. The Morgan fingerprint density at radius 2 is 0.724 bits per heavy atom. The van der Waals surface area contributed by atoms with Crippen LogP contribution in [0.4, 0.5) is 8.78 Å². The number of unbranched alkanes of at least 4 members (excludes halogenated alkanes) is 16. The predicted molar refractivity (Wildman–Crippen MR) is 250 cm³/mol. The van der Waals surface area contributed by atoms with E-state index in [4.69, 9.17) is 17.5 Å². The van der Waals surface area contributed by atoms with Gasteiger partial charge in [0.15, 0.2) is 0 Å². The number of fused-ring (bicyclic) bond motifs is 10. The molecule has 0 aliphatic heterocycles. The van der Waals surface area contributed by atoms with Crippen molar-refractivity contribution in [2.24, 2.45) is 0 Å². The highest BCUT2D eigenvalue weighted by molar-refractivity contribution is 9.11. The van der Waals surface area contributed by atoms with Crippen LogP contribution in [0, 0.1) is 11.6 Å². The summed E-state index contributed by atoms with van der Waals surface area (Å²) in [5.74, 6) is -0.484. The summed E-state index contributed by atoms with van der Waals surface area (Å²) in [6.07, 6.45) is 25.2. The Hall–Kier alpha value is -1.88. The summed E-state index contributed by atoms with van der Waals surface area (Å²) in [5, 5.41) is 0. The van der Waals surface area contributed by atoms with Crippen LogP contribution < -0.4 is 0 Å². The Labute approximate surface area is 371 Å². The SMILES string of the molecule is CCCCCCCC1(CCCCCCC)c2cc(Br)c3nsnc3c2-c2c(F)c3c(c(F)c21)-c1c(cc(Br)c2nsnc12)C3(CCCCCCC)CCCCCCC. The molecule has 0 bridgehead atoms. The molecule has 0 saturated heterocycles. The van der Waals surface area contributed by atoms with Gasteiger partial charge in [-0.25, -0.2) is 8.78 Å². The molecular formula is C48H62Br2F2N4S2. The van der Waals surface area contributed by atoms with E-state index in [2.05, 4.69) is 71.7 Å². The fourth-order valence-electron chi connectivity index (χ4n) is 10.8. The lowest BCUT2D eigenvalue weighted by atomic mass is 9.68. The minimum atomic E-state index is -0.691. The second kappa shape index (κ2) is 19.9. The van der Waals surface area contributed by atoms with E-state index in [0.717, 1.165) is 194 Å². The van der Waals surface area contributed by atoms with Crippen LogP contribution in [0.3, 0.4) is 0 Å². The molecule has 2 aromatic heterocycles. The lowest BCUT2D eigenvalue weighted by Crippen LogP contribution is -2.29. The van der Waals surface area contributed by atoms with Gasteiger partial charge in [0.1, 0.15) is 33.7 Å². The van der Waals surface area contributed by atoms with E-state index in [1.165, 1.54) is 25.7 Å². The van der Waals surface area contributed by atoms with Crippen molar-refractivity contribution in [1.29, 1.82) is 0 Å². The topological polar surface area (TPSA) is 51.6 Å². The van der Waals surface area contributed by atoms with E-state index in [9.17, 15) is 0 Å². The highest BCUT2D eigenvalue weighted by Crippen LogP contribution is 2.65. The lowest BCUT2D eigenvalue weighted by Gasteiger charge is -2.35. The van der Waals surface area contributed by atoms with Gasteiger partial charge in [0.05, 0.1) is 23.5 Å². The van der Waals surface area contributed by atoms with E-state index in [-0.39, 0.29) is 11.6 Å². The molecule has 0 N–H and O–H groups in total. The van der Waals surface area contributed by atoms with Gasteiger partial charge in [-0.05, 0) is 80.8 Å². The van der Waals surface area contributed by atoms with Gasteiger partial charge in [0, 0.05) is 53.2 Å². The van der Waals surface area contributed by atoms with Gasteiger partial charge < -0.3 is 0 Å². The van der Waals surface area contributed by atoms with Crippen molar-refractivity contribution in [3.8, 4) is 22.3 Å². The Kier molecular flexibility index (Phi) is 15.1. The number of nitrogens with zero attached hydrogens (tertiary/aromatic N) is 4. The molecule has 2 aliphatic carbocycles. The Morgan fingerprint density at radius 1 is 0.431 bits per heavy atom. The first kappa shape index (κ1) is 44.2. The summed E-state index contributed by atoms with van der Waals surface area (Å²) in [5.41, 5.74) is 7.13. The molecule has 0 radical (unpaired) electrons. The number of hydrogen-bond donors (Lipinski definition) is 0. The third-order valence-electron chi connectivity index (χ3n) is 13.7. The summed E-state index contributed by atoms with van der Waals surface area (Å²) in [6, 6.07) is 4.34. The molecule has 7 rings (SSSR count). The van der Waals surface area contributed by atoms with E-state index < -0.39 is 10.8 Å². The molecule has 0 atom stereocenters. The molecular weight excluding hydrogens is 894 g/mol. The highest BCUT2D eigenvalue weighted by Gasteiger charge is 2.54. The molecule has 0 saturated carbocycles. The molecule has 314 valence electrons. The molecule has 5 aromatic rings. The van der Waals surface area contributed by atoms with Crippen LogP contribution >= 0.6 is 55.3 Å². The van der Waals surface area contributed by atoms with Crippen LogP contribution in [0.1, 0.15) is 204 Å². The van der Waals surface area contributed by atoms with Crippen LogP contribution in [0.15, 0.2) is 21.1 Å². The predicted octanol–water partition coefficient (Wildman–Crippen LogP) is 17.5. The van der Waals surface area contributed by atoms with Crippen molar-refractivity contribution in [1.82, 2.24) is 17.5 Å². The summed E-state index contributed by atoms with van der Waals surface area (Å²) in [6.45, 7) is 8.97. The normalized spacial score (nSPS) is 14.8. The third-order valence-corrected chi connectivity index (χ3v) is 15.9. The fourth-order valence-corrected chi connectivity index (χ4v) is 13.2. The first-order valence-electron chi connectivity index (χ1n) is 22.8. The first-order chi connectivity index (χ1) is 28.3. The van der Waals surface area contributed by atoms with Crippen LogP contribution in [0.2, 0.25) is 0 Å². The van der Waals surface area contributed by atoms with Gasteiger partial charge in [0.2, 0.25) is 0 Å². The standard InChI is InChI=1S/C48H62Br2F2N4S2/c1-5-9-13-17-21-25-47(26-22-18-14-10-6-2)31-29-33(49)43-45(55-57-53-43)35(31)37-39(47)41(51)38-36-32(30-34(50)44-46(36)56-58-54-44)48(40(38)42(37)52,27-23-19-15-11-7-3)28-24-20-16-12-8-4/h29-30H,5-28H2,1-4H3. The smallest absolute Gasteiger partial charge is 0.136 e. The molecule has 3 aromatic carbocycles. The molecule has 58 heavy (non-hydrogen) atoms. The minimum Gasteiger partial charge on any atom is -0.206 e. The van der Waals surface area contributed by atoms with E-state index in [1.807, 2.05) is 0 Å². The van der Waals surface area contributed by atoms with Crippen molar-refractivity contribution in [3.63, 3.8) is 0 Å². The van der Waals surface area contributed by atoms with Gasteiger partial charge in [-0.1, -0.05) is 156 Å². The second-order valence-electron chi connectivity index (χ2n) is 17.4. The van der Waals surface area contributed by atoms with Crippen molar-refractivity contribution >= 4 is 77.4 Å². The number of halogens is 4. The van der Waals surface area contributed by atoms with Gasteiger partial charge >= 0.3 is 0 Å². The third kappa shape index (κ3) is 8.00. The van der Waals surface area contributed by atoms with Crippen LogP contribution in [0.5, 0.6) is 0 Å². The molecule has 4 nitrogen and oxygen atoms in total. The van der Waals surface area contributed by atoms with Crippen LogP contribution in [-0.4, -0.2) is 17.5 Å². The first-order valence-corrected chi connectivity index (χ1v) is 25.8. The van der Waals surface area contributed by atoms with Gasteiger partial charge in [-0.3, -0.25) is 0 Å². The van der Waals surface area contributed by atoms with Gasteiger partial charge in [0.25, 0.3) is 0 Å². The van der Waals surface area contributed by atoms with E-state index >= 15 is 8.78 Å². The molecule has 0 amide bonds. The maximum atomic E-state index is 19.1. The largest absolute Gasteiger partial charge is 0.206 e. The Bertz CT molecular complexity index is 2010. The molecule has 10 heteroatoms. The second-order valence-corrected chi connectivity index (χ2v) is 20.2. The Morgan fingerprint density at radius 3 is 1.03 bits per heavy atom. The summed E-state index contributed by atoms with van der Waals surface area (Å²) < 4.78 is 59.0. The average Bonchev–Trinajstić information content (AvgIpc) is 4.01. The monoisotopic (exact) mass is 954 g/mol. The summed E-state index contributed by atoms with van der Waals surface area (Å²) >= 11 is 10.1. The van der Waals surface area contributed by atoms with E-state index in [0.29, 0.717) is 33.3 Å². The molecule has 2 heterocycles. The molecule has 0 unspecified atom stereocenters. The summed E-state index contributed by atoms with van der Waals surface area (Å²) in [7, 11) is 0. The number of hydrogen-bond acceptors (Lipinski definition) is 6. The lowest BCUT2D eigenvalue weighted by molar-refractivity contribution is 0.375. The van der Waals surface area contributed by atoms with Gasteiger partial charge in [-0.2, -0.15) is 17.5 Å². The maximum Gasteiger partial charge on any atom is 0.136 e. The van der Waals surface area contributed by atoms with Crippen molar-refractivity contribution in [2.75, 3.05) is 0 Å². The summed E-state index contributed by atoms with van der Waals surface area (Å²) in [4.78, 5) is 0. The zero-order chi connectivity index (χ0) is 40.9. The molecule has 2 aliphatic rings. The Balaban J connectivity index is 1.53. The number of benzene rings is 3. The molecule has 0 fully saturated rings. The van der Waals surface area contributed by atoms with Gasteiger partial charge in [-0.15, -0.1) is 0 Å². The minimum absolute atomic E-state index is 0.242. The highest BCUT2D eigenvalue weighted by atomic mass is 79.9. The average molecular weight is 957 g/mol. The zero-order valence-corrected chi connectivity index (χ0v) is 40.0. The molecule has 0 spiro atoms. The number of aromatic nitrogens is 4. The van der Waals surface area contributed by atoms with E-state index in [1.54, 1.807) is 0 Å². The maximum absolute atomic E-state index is 19.1. The van der Waals surface area contributed by atoms with Crippen molar-refractivity contribution in [3.05, 3.63) is 55.0 Å². The van der Waals surface area contributed by atoms with Crippen molar-refractivity contribution < 1.29 is 8.78 Å². The van der Waals surface area contributed by atoms with Crippen molar-refractivity contribution in [2.45, 2.75) is 193 Å². The number of rotatable bonds is 24. The van der Waals surface area contributed by atoms with Crippen LogP contribution in [0.25, 0.3) is 44.3 Å². The zero-order valence-electron chi connectivity index (χ0n) is 35.2.